The monoisotopic (exact) mass is 319 g/mol. The topological polar surface area (TPSA) is 70.2 Å². The lowest BCUT2D eigenvalue weighted by Crippen LogP contribution is -2.44. The van der Waals surface area contributed by atoms with E-state index in [0.29, 0.717) is 5.75 Å². The van der Waals surface area contributed by atoms with E-state index in [0.717, 1.165) is 37.9 Å². The Labute approximate surface area is 134 Å². The summed E-state index contributed by atoms with van der Waals surface area (Å²) in [4.78, 5) is 0. The van der Waals surface area contributed by atoms with Crippen LogP contribution in [0.2, 0.25) is 0 Å². The fraction of sp³-hybridized carbons (Fsp3) is 0.471. The molecule has 0 bridgehead atoms. The molecule has 3 N–H and O–H groups in total. The van der Waals surface area contributed by atoms with Crippen LogP contribution < -0.4 is 10.1 Å². The summed E-state index contributed by atoms with van der Waals surface area (Å²) in [6.07, 6.45) is 5.68. The molecule has 1 aromatic heterocycles. The molecule has 0 saturated heterocycles. The molecule has 3 rings (SSSR count). The number of aromatic amines is 1. The highest BCUT2D eigenvalue weighted by Gasteiger charge is 2.33. The second kappa shape index (κ2) is 7.57. The molecule has 0 radical (unpaired) electrons. The molecule has 23 heavy (non-hydrogen) atoms. The Morgan fingerprint density at radius 2 is 2.13 bits per heavy atom. The van der Waals surface area contributed by atoms with Gasteiger partial charge in [0.25, 0.3) is 0 Å². The molecular weight excluding hydrogens is 297 g/mol. The van der Waals surface area contributed by atoms with Gasteiger partial charge in [0, 0.05) is 30.8 Å². The van der Waals surface area contributed by atoms with Gasteiger partial charge in [0.2, 0.25) is 0 Å². The highest BCUT2D eigenvalue weighted by atomic mass is 19.1. The van der Waals surface area contributed by atoms with Crippen LogP contribution in [0.3, 0.4) is 0 Å². The maximum atomic E-state index is 12.9. The van der Waals surface area contributed by atoms with Crippen LogP contribution in [-0.4, -0.2) is 34.1 Å². The Morgan fingerprint density at radius 3 is 2.87 bits per heavy atom. The average Bonchev–Trinajstić information content (AvgIpc) is 3.06. The molecule has 124 valence electrons. The fourth-order valence-electron chi connectivity index (χ4n) is 3.04. The number of halogens is 1. The Bertz CT molecular complexity index is 588. The van der Waals surface area contributed by atoms with Gasteiger partial charge < -0.3 is 15.2 Å². The lowest BCUT2D eigenvalue weighted by atomic mass is 9.84. The summed E-state index contributed by atoms with van der Waals surface area (Å²) in [5.74, 6) is 0.464. The summed E-state index contributed by atoms with van der Waals surface area (Å²) in [6.45, 7) is 1.46. The Kier molecular flexibility index (Phi) is 5.25. The summed E-state index contributed by atoms with van der Waals surface area (Å²) in [5, 5.41) is 20.6. The molecule has 0 aliphatic heterocycles. The lowest BCUT2D eigenvalue weighted by Gasteiger charge is -2.35. The van der Waals surface area contributed by atoms with Crippen molar-refractivity contribution >= 4 is 0 Å². The first-order valence-electron chi connectivity index (χ1n) is 8.01. The zero-order chi connectivity index (χ0) is 16.1. The normalized spacial score (nSPS) is 24.5. The van der Waals surface area contributed by atoms with E-state index in [2.05, 4.69) is 15.5 Å². The highest BCUT2D eigenvalue weighted by Crippen LogP contribution is 2.28. The Hall–Kier alpha value is -1.92. The second-order valence-corrected chi connectivity index (χ2v) is 6.03. The van der Waals surface area contributed by atoms with Gasteiger partial charge in [-0.3, -0.25) is 5.10 Å². The Morgan fingerprint density at radius 1 is 1.30 bits per heavy atom. The number of aromatic nitrogens is 2. The Balaban J connectivity index is 1.51. The van der Waals surface area contributed by atoms with Crippen molar-refractivity contribution in [2.75, 3.05) is 6.54 Å². The zero-order valence-corrected chi connectivity index (χ0v) is 12.9. The number of nitrogens with one attached hydrogen (secondary N) is 2. The smallest absolute Gasteiger partial charge is 0.125 e. The van der Waals surface area contributed by atoms with Gasteiger partial charge in [0.1, 0.15) is 17.7 Å². The van der Waals surface area contributed by atoms with Gasteiger partial charge in [-0.1, -0.05) is 0 Å². The zero-order valence-electron chi connectivity index (χ0n) is 12.9. The molecule has 1 aliphatic rings. The number of rotatable bonds is 6. The van der Waals surface area contributed by atoms with Gasteiger partial charge in [-0.2, -0.15) is 5.10 Å². The van der Waals surface area contributed by atoms with E-state index in [4.69, 9.17) is 4.74 Å². The molecule has 1 aliphatic carbocycles. The lowest BCUT2D eigenvalue weighted by molar-refractivity contribution is -0.0306. The summed E-state index contributed by atoms with van der Waals surface area (Å²) >= 11 is 0. The number of H-pyrrole nitrogens is 1. The molecule has 0 spiro atoms. The van der Waals surface area contributed by atoms with Crippen molar-refractivity contribution in [2.45, 2.75) is 38.0 Å². The molecule has 1 aromatic carbocycles. The molecule has 0 amide bonds. The molecule has 3 atom stereocenters. The minimum absolute atomic E-state index is 0.154. The van der Waals surface area contributed by atoms with Crippen LogP contribution in [0.1, 0.15) is 24.8 Å². The molecule has 5 nitrogen and oxygen atoms in total. The van der Waals surface area contributed by atoms with Crippen LogP contribution in [0.5, 0.6) is 5.75 Å². The van der Waals surface area contributed by atoms with Crippen molar-refractivity contribution in [1.82, 2.24) is 15.5 Å². The van der Waals surface area contributed by atoms with Crippen LogP contribution in [0.15, 0.2) is 36.7 Å². The molecule has 0 unspecified atom stereocenters. The van der Waals surface area contributed by atoms with Crippen molar-refractivity contribution in [3.63, 3.8) is 0 Å². The van der Waals surface area contributed by atoms with E-state index in [-0.39, 0.29) is 17.8 Å². The van der Waals surface area contributed by atoms with Crippen LogP contribution in [-0.2, 0) is 6.54 Å². The van der Waals surface area contributed by atoms with Gasteiger partial charge in [-0.15, -0.1) is 0 Å². The fourth-order valence-corrected chi connectivity index (χ4v) is 3.04. The minimum atomic E-state index is -0.523. The van der Waals surface area contributed by atoms with E-state index in [9.17, 15) is 9.50 Å². The molecule has 1 saturated carbocycles. The van der Waals surface area contributed by atoms with Gasteiger partial charge in [0.15, 0.2) is 0 Å². The van der Waals surface area contributed by atoms with E-state index >= 15 is 0 Å². The number of aliphatic hydroxyl groups excluding tert-OH is 1. The number of aliphatic hydroxyl groups is 1. The first-order chi connectivity index (χ1) is 11.2. The summed E-state index contributed by atoms with van der Waals surface area (Å²) in [6, 6.07) is 5.94. The SMILES string of the molecule is O[C@@H]1[C@@H](CNCc2cn[nH]c2)CCC[C@H]1Oc1ccc(F)cc1. The van der Waals surface area contributed by atoms with Crippen molar-refractivity contribution in [3.8, 4) is 5.75 Å². The molecule has 2 aromatic rings. The maximum absolute atomic E-state index is 12.9. The number of benzene rings is 1. The van der Waals surface area contributed by atoms with Crippen molar-refractivity contribution in [2.24, 2.45) is 5.92 Å². The van der Waals surface area contributed by atoms with Gasteiger partial charge >= 0.3 is 0 Å². The highest BCUT2D eigenvalue weighted by molar-refractivity contribution is 5.22. The van der Waals surface area contributed by atoms with Crippen LogP contribution in [0.25, 0.3) is 0 Å². The van der Waals surface area contributed by atoms with E-state index in [1.807, 2.05) is 6.20 Å². The first-order valence-corrected chi connectivity index (χ1v) is 8.01. The third-order valence-corrected chi connectivity index (χ3v) is 4.32. The van der Waals surface area contributed by atoms with Crippen molar-refractivity contribution in [3.05, 3.63) is 48.0 Å². The number of hydrogen-bond acceptors (Lipinski definition) is 4. The first kappa shape index (κ1) is 16.0. The summed E-state index contributed by atoms with van der Waals surface area (Å²) in [7, 11) is 0. The average molecular weight is 319 g/mol. The van der Waals surface area contributed by atoms with Crippen LogP contribution in [0.4, 0.5) is 4.39 Å². The third-order valence-electron chi connectivity index (χ3n) is 4.32. The van der Waals surface area contributed by atoms with E-state index in [1.54, 1.807) is 18.3 Å². The molecule has 1 heterocycles. The van der Waals surface area contributed by atoms with Gasteiger partial charge in [-0.25, -0.2) is 4.39 Å². The number of nitrogens with zero attached hydrogens (tertiary/aromatic N) is 1. The van der Waals surface area contributed by atoms with Gasteiger partial charge in [0.05, 0.1) is 12.3 Å². The number of ether oxygens (including phenoxy) is 1. The van der Waals surface area contributed by atoms with E-state index < -0.39 is 6.10 Å². The molecule has 1 fully saturated rings. The summed E-state index contributed by atoms with van der Waals surface area (Å²) < 4.78 is 18.8. The predicted octanol–water partition coefficient (Wildman–Crippen LogP) is 2.25. The predicted molar refractivity (Wildman–Crippen MR) is 84.5 cm³/mol. The second-order valence-electron chi connectivity index (χ2n) is 6.03. The minimum Gasteiger partial charge on any atom is -0.488 e. The maximum Gasteiger partial charge on any atom is 0.125 e. The van der Waals surface area contributed by atoms with E-state index in [1.165, 1.54) is 12.1 Å². The standard InChI is InChI=1S/C17H22FN3O2/c18-14-4-6-15(7-5-14)23-16-3-1-2-13(17(16)22)11-19-8-12-9-20-21-10-12/h4-7,9-10,13,16-17,19,22H,1-3,8,11H2,(H,20,21)/t13-,16-,17-/m1/s1. The molecular formula is C17H22FN3O2. The van der Waals surface area contributed by atoms with Crippen LogP contribution in [0, 0.1) is 11.7 Å². The number of hydrogen-bond donors (Lipinski definition) is 3. The van der Waals surface area contributed by atoms with Crippen LogP contribution >= 0.6 is 0 Å². The quantitative estimate of drug-likeness (QED) is 0.764. The third kappa shape index (κ3) is 4.30. The summed E-state index contributed by atoms with van der Waals surface area (Å²) in [5.41, 5.74) is 1.09. The van der Waals surface area contributed by atoms with Crippen molar-refractivity contribution in [1.29, 1.82) is 0 Å². The van der Waals surface area contributed by atoms with Crippen molar-refractivity contribution < 1.29 is 14.2 Å². The largest absolute Gasteiger partial charge is 0.488 e. The van der Waals surface area contributed by atoms with Gasteiger partial charge in [-0.05, 0) is 43.5 Å². The molecule has 6 heteroatoms.